The van der Waals surface area contributed by atoms with Crippen LogP contribution < -0.4 is 10.5 Å². The predicted molar refractivity (Wildman–Crippen MR) is 72.4 cm³/mol. The fourth-order valence-corrected chi connectivity index (χ4v) is 1.80. The van der Waals surface area contributed by atoms with E-state index in [1.165, 1.54) is 30.3 Å². The van der Waals surface area contributed by atoms with E-state index in [9.17, 15) is 18.0 Å². The second-order valence-corrected chi connectivity index (χ2v) is 4.55. The van der Waals surface area contributed by atoms with Crippen LogP contribution in [0.2, 0.25) is 5.02 Å². The quantitative estimate of drug-likeness (QED) is 0.686. The lowest BCUT2D eigenvalue weighted by atomic mass is 10.0. The van der Waals surface area contributed by atoms with Gasteiger partial charge in [0.15, 0.2) is 5.78 Å². The minimum Gasteiger partial charge on any atom is -0.406 e. The van der Waals surface area contributed by atoms with Crippen molar-refractivity contribution < 1.29 is 22.7 Å². The van der Waals surface area contributed by atoms with Crippen molar-refractivity contribution in [3.8, 4) is 5.75 Å². The van der Waals surface area contributed by atoms with Gasteiger partial charge >= 0.3 is 6.36 Å². The van der Waals surface area contributed by atoms with Gasteiger partial charge in [0.05, 0.1) is 10.7 Å². The van der Waals surface area contributed by atoms with Crippen LogP contribution in [0.25, 0.3) is 0 Å². The third kappa shape index (κ3) is 3.88. The van der Waals surface area contributed by atoms with Crippen LogP contribution in [0.3, 0.4) is 0 Å². The molecule has 0 aromatic heterocycles. The molecule has 2 rings (SSSR count). The summed E-state index contributed by atoms with van der Waals surface area (Å²) < 4.78 is 40.2. The summed E-state index contributed by atoms with van der Waals surface area (Å²) in [6.07, 6.45) is -4.81. The molecule has 0 aliphatic carbocycles. The number of carbonyl (C=O) groups excluding carboxylic acids is 1. The molecule has 0 saturated heterocycles. The first-order valence-electron chi connectivity index (χ1n) is 5.72. The molecular weight excluding hydrogens is 307 g/mol. The summed E-state index contributed by atoms with van der Waals surface area (Å²) in [4.78, 5) is 12.2. The molecule has 2 N–H and O–H groups in total. The number of halogens is 4. The van der Waals surface area contributed by atoms with Gasteiger partial charge in [-0.15, -0.1) is 13.2 Å². The lowest BCUT2D eigenvalue weighted by Crippen LogP contribution is -2.17. The highest BCUT2D eigenvalue weighted by molar-refractivity contribution is 6.33. The Kier molecular flexibility index (Phi) is 4.09. The third-order valence-electron chi connectivity index (χ3n) is 2.59. The van der Waals surface area contributed by atoms with E-state index in [2.05, 4.69) is 4.74 Å². The van der Waals surface area contributed by atoms with Crippen molar-refractivity contribution in [2.45, 2.75) is 6.36 Å². The van der Waals surface area contributed by atoms with Gasteiger partial charge in [-0.05, 0) is 30.3 Å². The number of hydrogen-bond acceptors (Lipinski definition) is 3. The van der Waals surface area contributed by atoms with Gasteiger partial charge in [0.1, 0.15) is 5.75 Å². The highest BCUT2D eigenvalue weighted by atomic mass is 35.5. The summed E-state index contributed by atoms with van der Waals surface area (Å²) in [5, 5.41) is 0.292. The van der Waals surface area contributed by atoms with Gasteiger partial charge in [-0.25, -0.2) is 0 Å². The Hall–Kier alpha value is -2.21. The molecule has 21 heavy (non-hydrogen) atoms. The minimum absolute atomic E-state index is 0.0541. The topological polar surface area (TPSA) is 52.3 Å². The number of benzene rings is 2. The standard InChI is InChI=1S/C14H9ClF3NO2/c15-11-5-4-9(7-12(11)19)13(20)8-2-1-3-10(6-8)21-14(16,17)18/h1-7H,19H2. The van der Waals surface area contributed by atoms with E-state index >= 15 is 0 Å². The van der Waals surface area contributed by atoms with Crippen molar-refractivity contribution in [2.75, 3.05) is 5.73 Å². The number of nitrogens with two attached hydrogens (primary N) is 1. The van der Waals surface area contributed by atoms with Gasteiger partial charge in [-0.1, -0.05) is 23.7 Å². The van der Waals surface area contributed by atoms with Crippen molar-refractivity contribution in [3.63, 3.8) is 0 Å². The molecule has 0 fully saturated rings. The van der Waals surface area contributed by atoms with Gasteiger partial charge < -0.3 is 10.5 Å². The number of nitrogen functional groups attached to an aromatic ring is 1. The zero-order valence-corrected chi connectivity index (χ0v) is 11.2. The van der Waals surface area contributed by atoms with Gasteiger partial charge in [-0.3, -0.25) is 4.79 Å². The summed E-state index contributed by atoms with van der Waals surface area (Å²) in [6, 6.07) is 9.06. The van der Waals surface area contributed by atoms with Crippen LogP contribution in [-0.4, -0.2) is 12.1 Å². The summed E-state index contributed by atoms with van der Waals surface area (Å²) in [6.45, 7) is 0. The zero-order chi connectivity index (χ0) is 15.6. The largest absolute Gasteiger partial charge is 0.573 e. The van der Waals surface area contributed by atoms with Crippen LogP contribution in [0.5, 0.6) is 5.75 Å². The first-order chi connectivity index (χ1) is 9.76. The number of ketones is 1. The predicted octanol–water partition coefficient (Wildman–Crippen LogP) is 4.05. The average Bonchev–Trinajstić information content (AvgIpc) is 2.39. The van der Waals surface area contributed by atoms with E-state index in [1.54, 1.807) is 0 Å². The molecule has 7 heteroatoms. The molecule has 2 aromatic carbocycles. The maximum atomic E-state index is 12.2. The zero-order valence-electron chi connectivity index (χ0n) is 10.4. The molecule has 110 valence electrons. The van der Waals surface area contributed by atoms with Crippen LogP contribution in [0, 0.1) is 0 Å². The number of carbonyl (C=O) groups is 1. The van der Waals surface area contributed by atoms with E-state index in [4.69, 9.17) is 17.3 Å². The van der Waals surface area contributed by atoms with E-state index in [0.29, 0.717) is 5.02 Å². The molecule has 0 amide bonds. The number of ether oxygens (including phenoxy) is 1. The molecule has 0 unspecified atom stereocenters. The Morgan fingerprint density at radius 3 is 2.38 bits per heavy atom. The molecule has 2 aromatic rings. The molecule has 0 heterocycles. The highest BCUT2D eigenvalue weighted by Crippen LogP contribution is 2.25. The molecule has 0 bridgehead atoms. The highest BCUT2D eigenvalue weighted by Gasteiger charge is 2.31. The SMILES string of the molecule is Nc1cc(C(=O)c2cccc(OC(F)(F)F)c2)ccc1Cl. The van der Waals surface area contributed by atoms with Gasteiger partial charge in [0.25, 0.3) is 0 Å². The summed E-state index contributed by atoms with van der Waals surface area (Å²) in [5.41, 5.74) is 6.08. The van der Waals surface area contributed by atoms with Crippen molar-refractivity contribution >= 4 is 23.1 Å². The number of anilines is 1. The molecular formula is C14H9ClF3NO2. The third-order valence-corrected chi connectivity index (χ3v) is 2.93. The number of alkyl halides is 3. The maximum absolute atomic E-state index is 12.2. The van der Waals surface area contributed by atoms with Gasteiger partial charge in [-0.2, -0.15) is 0 Å². The molecule has 0 aliphatic rings. The normalized spacial score (nSPS) is 11.2. The first-order valence-corrected chi connectivity index (χ1v) is 6.09. The van der Waals surface area contributed by atoms with E-state index < -0.39 is 17.9 Å². The van der Waals surface area contributed by atoms with Gasteiger partial charge in [0.2, 0.25) is 0 Å². The summed E-state index contributed by atoms with van der Waals surface area (Å²) in [5.74, 6) is -0.943. The number of hydrogen-bond donors (Lipinski definition) is 1. The van der Waals surface area contributed by atoms with Crippen LogP contribution in [0.1, 0.15) is 15.9 Å². The summed E-state index contributed by atoms with van der Waals surface area (Å²) >= 11 is 5.75. The van der Waals surface area contributed by atoms with Crippen LogP contribution in [-0.2, 0) is 0 Å². The number of rotatable bonds is 3. The van der Waals surface area contributed by atoms with Crippen molar-refractivity contribution in [1.29, 1.82) is 0 Å². The second-order valence-electron chi connectivity index (χ2n) is 4.14. The molecule has 0 spiro atoms. The van der Waals surface area contributed by atoms with Crippen LogP contribution in [0.4, 0.5) is 18.9 Å². The monoisotopic (exact) mass is 315 g/mol. The lowest BCUT2D eigenvalue weighted by molar-refractivity contribution is -0.274. The molecule has 0 saturated carbocycles. The first kappa shape index (κ1) is 15.2. The van der Waals surface area contributed by atoms with E-state index in [0.717, 1.165) is 12.1 Å². The molecule has 0 radical (unpaired) electrons. The smallest absolute Gasteiger partial charge is 0.406 e. The Labute approximate surface area is 123 Å². The maximum Gasteiger partial charge on any atom is 0.573 e. The Morgan fingerprint density at radius 1 is 1.10 bits per heavy atom. The molecule has 3 nitrogen and oxygen atoms in total. The fraction of sp³-hybridized carbons (Fsp3) is 0.0714. The molecule has 0 aliphatic heterocycles. The van der Waals surface area contributed by atoms with E-state index in [-0.39, 0.29) is 16.8 Å². The fourth-order valence-electron chi connectivity index (χ4n) is 1.69. The molecule has 0 atom stereocenters. The second kappa shape index (κ2) is 5.65. The van der Waals surface area contributed by atoms with Crippen LogP contribution >= 0.6 is 11.6 Å². The average molecular weight is 316 g/mol. The van der Waals surface area contributed by atoms with Gasteiger partial charge in [0, 0.05) is 11.1 Å². The lowest BCUT2D eigenvalue weighted by Gasteiger charge is -2.10. The Bertz CT molecular complexity index is 686. The Balaban J connectivity index is 2.31. The Morgan fingerprint density at radius 2 is 1.76 bits per heavy atom. The van der Waals surface area contributed by atoms with Crippen molar-refractivity contribution in [2.24, 2.45) is 0 Å². The van der Waals surface area contributed by atoms with Crippen molar-refractivity contribution in [3.05, 3.63) is 58.6 Å². The van der Waals surface area contributed by atoms with Crippen LogP contribution in [0.15, 0.2) is 42.5 Å². The summed E-state index contributed by atoms with van der Waals surface area (Å²) in [7, 11) is 0. The minimum atomic E-state index is -4.81. The van der Waals surface area contributed by atoms with E-state index in [1.807, 2.05) is 0 Å². The van der Waals surface area contributed by atoms with Crippen molar-refractivity contribution in [1.82, 2.24) is 0 Å².